The minimum Gasteiger partial charge on any atom is -0.449 e. The van der Waals surface area contributed by atoms with Crippen LogP contribution in [-0.4, -0.2) is 36.6 Å². The van der Waals surface area contributed by atoms with Crippen molar-refractivity contribution < 1.29 is 9.53 Å². The highest BCUT2D eigenvalue weighted by Gasteiger charge is 2.29. The van der Waals surface area contributed by atoms with E-state index in [1.807, 2.05) is 11.0 Å². The van der Waals surface area contributed by atoms with E-state index in [0.717, 1.165) is 19.4 Å². The lowest BCUT2D eigenvalue weighted by atomic mass is 10.0. The van der Waals surface area contributed by atoms with Gasteiger partial charge in [0.1, 0.15) is 12.1 Å². The van der Waals surface area contributed by atoms with Gasteiger partial charge in [-0.05, 0) is 12.8 Å². The van der Waals surface area contributed by atoms with E-state index in [9.17, 15) is 4.79 Å². The van der Waals surface area contributed by atoms with E-state index < -0.39 is 0 Å². The topological polar surface area (TPSA) is 77.1 Å². The van der Waals surface area contributed by atoms with Crippen molar-refractivity contribution >= 4 is 5.97 Å². The maximum atomic E-state index is 11.5. The average Bonchev–Trinajstić information content (AvgIpc) is 2.27. The third kappa shape index (κ3) is 3.23. The fraction of sp³-hybridized carbons (Fsp3) is 0.700. The van der Waals surface area contributed by atoms with Crippen molar-refractivity contribution in [1.82, 2.24) is 4.90 Å². The summed E-state index contributed by atoms with van der Waals surface area (Å²) in [5.74, 6) is -0.383. The highest BCUT2D eigenvalue weighted by Crippen LogP contribution is 2.17. The summed E-state index contributed by atoms with van der Waals surface area (Å²) in [6.07, 6.45) is 2.68. The molecule has 1 aliphatic rings. The SMILES string of the molecule is N#CCOC(=O)C1CCCCN1CC#N. The molecule has 1 atom stereocenters. The highest BCUT2D eigenvalue weighted by atomic mass is 16.5. The van der Waals surface area contributed by atoms with Gasteiger partial charge in [-0.2, -0.15) is 10.5 Å². The second-order valence-electron chi connectivity index (χ2n) is 3.41. The number of nitrogens with zero attached hydrogens (tertiary/aromatic N) is 3. The maximum Gasteiger partial charge on any atom is 0.324 e. The Kier molecular flexibility index (Phi) is 4.59. The molecule has 0 bridgehead atoms. The van der Waals surface area contributed by atoms with Crippen LogP contribution in [0.3, 0.4) is 0 Å². The van der Waals surface area contributed by atoms with E-state index in [2.05, 4.69) is 0 Å². The molecule has 1 aliphatic heterocycles. The molecule has 0 amide bonds. The van der Waals surface area contributed by atoms with Gasteiger partial charge in [0.05, 0.1) is 12.6 Å². The zero-order valence-corrected chi connectivity index (χ0v) is 8.48. The highest BCUT2D eigenvalue weighted by molar-refractivity contribution is 5.76. The molecule has 1 rings (SSSR count). The Morgan fingerprint density at radius 3 is 2.87 bits per heavy atom. The second-order valence-corrected chi connectivity index (χ2v) is 3.41. The van der Waals surface area contributed by atoms with Crippen molar-refractivity contribution in [3.05, 3.63) is 0 Å². The normalized spacial score (nSPS) is 21.3. The van der Waals surface area contributed by atoms with Crippen molar-refractivity contribution in [2.75, 3.05) is 19.7 Å². The van der Waals surface area contributed by atoms with Crippen molar-refractivity contribution in [1.29, 1.82) is 10.5 Å². The molecule has 5 heteroatoms. The number of carbonyl (C=O) groups excluding carboxylic acids is 1. The predicted molar refractivity (Wildman–Crippen MR) is 51.4 cm³/mol. The van der Waals surface area contributed by atoms with E-state index >= 15 is 0 Å². The average molecular weight is 207 g/mol. The number of esters is 1. The number of piperidine rings is 1. The van der Waals surface area contributed by atoms with Crippen LogP contribution in [0.4, 0.5) is 0 Å². The van der Waals surface area contributed by atoms with Crippen LogP contribution in [0.5, 0.6) is 0 Å². The monoisotopic (exact) mass is 207 g/mol. The summed E-state index contributed by atoms with van der Waals surface area (Å²) in [7, 11) is 0. The van der Waals surface area contributed by atoms with Gasteiger partial charge in [0, 0.05) is 6.54 Å². The van der Waals surface area contributed by atoms with Crippen molar-refractivity contribution in [2.24, 2.45) is 0 Å². The van der Waals surface area contributed by atoms with E-state index in [4.69, 9.17) is 15.3 Å². The van der Waals surface area contributed by atoms with Gasteiger partial charge in [-0.25, -0.2) is 0 Å². The molecule has 1 heterocycles. The molecule has 0 aromatic heterocycles. The Morgan fingerprint density at radius 2 is 2.20 bits per heavy atom. The van der Waals surface area contributed by atoms with Crippen LogP contribution >= 0.6 is 0 Å². The Balaban J connectivity index is 2.52. The lowest BCUT2D eigenvalue weighted by Gasteiger charge is -2.31. The molecule has 0 N–H and O–H groups in total. The number of hydrogen-bond acceptors (Lipinski definition) is 5. The molecule has 0 spiro atoms. The summed E-state index contributed by atoms with van der Waals surface area (Å²) in [5, 5.41) is 16.9. The second kappa shape index (κ2) is 6.00. The first-order valence-electron chi connectivity index (χ1n) is 4.94. The number of carbonyl (C=O) groups is 1. The fourth-order valence-electron chi connectivity index (χ4n) is 1.74. The number of likely N-dealkylation sites (tertiary alicyclic amines) is 1. The summed E-state index contributed by atoms with van der Waals surface area (Å²) in [4.78, 5) is 13.3. The fourth-order valence-corrected chi connectivity index (χ4v) is 1.74. The predicted octanol–water partition coefficient (Wildman–Crippen LogP) is 0.431. The van der Waals surface area contributed by atoms with Crippen LogP contribution in [0.1, 0.15) is 19.3 Å². The molecule has 0 aromatic carbocycles. The molecule has 80 valence electrons. The molecule has 15 heavy (non-hydrogen) atoms. The lowest BCUT2D eigenvalue weighted by molar-refractivity contribution is -0.149. The summed E-state index contributed by atoms with van der Waals surface area (Å²) in [6.45, 7) is 0.780. The van der Waals surface area contributed by atoms with Crippen molar-refractivity contribution in [3.63, 3.8) is 0 Å². The molecular weight excluding hydrogens is 194 g/mol. The summed E-state index contributed by atoms with van der Waals surface area (Å²) < 4.78 is 4.76. The van der Waals surface area contributed by atoms with Crippen LogP contribution in [0, 0.1) is 22.7 Å². The number of nitriles is 2. The zero-order valence-electron chi connectivity index (χ0n) is 8.48. The molecule has 5 nitrogen and oxygen atoms in total. The van der Waals surface area contributed by atoms with Gasteiger partial charge in [-0.3, -0.25) is 9.69 Å². The Bertz CT molecular complexity index is 303. The van der Waals surface area contributed by atoms with Crippen molar-refractivity contribution in [2.45, 2.75) is 25.3 Å². The molecule has 1 saturated heterocycles. The first-order valence-corrected chi connectivity index (χ1v) is 4.94. The molecule has 0 saturated carbocycles. The van der Waals surface area contributed by atoms with Crippen molar-refractivity contribution in [3.8, 4) is 12.1 Å². The third-order valence-corrected chi connectivity index (χ3v) is 2.44. The minimum atomic E-state index is -0.383. The quantitative estimate of drug-likeness (QED) is 0.495. The summed E-state index contributed by atoms with van der Waals surface area (Å²) in [5.41, 5.74) is 0. The van der Waals surface area contributed by atoms with Gasteiger partial charge in [0.15, 0.2) is 6.61 Å². The van der Waals surface area contributed by atoms with Crippen LogP contribution in [-0.2, 0) is 9.53 Å². The van der Waals surface area contributed by atoms with Crippen LogP contribution in [0.25, 0.3) is 0 Å². The molecular formula is C10H13N3O2. The smallest absolute Gasteiger partial charge is 0.324 e. The van der Waals surface area contributed by atoms with Crippen LogP contribution < -0.4 is 0 Å². The van der Waals surface area contributed by atoms with Gasteiger partial charge < -0.3 is 4.74 Å². The molecule has 0 aromatic rings. The van der Waals surface area contributed by atoms with Gasteiger partial charge >= 0.3 is 5.97 Å². The van der Waals surface area contributed by atoms with Gasteiger partial charge in [0.2, 0.25) is 0 Å². The Morgan fingerprint density at radius 1 is 1.40 bits per heavy atom. The lowest BCUT2D eigenvalue weighted by Crippen LogP contribution is -2.45. The zero-order chi connectivity index (χ0) is 11.1. The molecule has 0 radical (unpaired) electrons. The number of hydrogen-bond donors (Lipinski definition) is 0. The van der Waals surface area contributed by atoms with Gasteiger partial charge in [0.25, 0.3) is 0 Å². The Labute approximate surface area is 88.8 Å². The Hall–Kier alpha value is -1.59. The molecule has 0 aliphatic carbocycles. The third-order valence-electron chi connectivity index (χ3n) is 2.44. The van der Waals surface area contributed by atoms with Crippen LogP contribution in [0.2, 0.25) is 0 Å². The standard InChI is InChI=1S/C10H13N3O2/c11-4-7-13-6-2-1-3-9(13)10(14)15-8-5-12/h9H,1-3,6-8H2. The van der Waals surface area contributed by atoms with E-state index in [1.165, 1.54) is 0 Å². The molecule has 1 unspecified atom stereocenters. The first kappa shape index (κ1) is 11.5. The number of ether oxygens (including phenoxy) is 1. The maximum absolute atomic E-state index is 11.5. The van der Waals surface area contributed by atoms with E-state index in [1.54, 1.807) is 6.07 Å². The number of rotatable bonds is 3. The van der Waals surface area contributed by atoms with E-state index in [0.29, 0.717) is 6.42 Å². The van der Waals surface area contributed by atoms with Gasteiger partial charge in [-0.15, -0.1) is 0 Å². The first-order chi connectivity index (χ1) is 7.29. The summed E-state index contributed by atoms with van der Waals surface area (Å²) >= 11 is 0. The molecule has 1 fully saturated rings. The van der Waals surface area contributed by atoms with Gasteiger partial charge in [-0.1, -0.05) is 6.42 Å². The van der Waals surface area contributed by atoms with Crippen LogP contribution in [0.15, 0.2) is 0 Å². The largest absolute Gasteiger partial charge is 0.449 e. The summed E-state index contributed by atoms with van der Waals surface area (Å²) in [6, 6.07) is 3.45. The minimum absolute atomic E-state index is 0.213. The van der Waals surface area contributed by atoms with E-state index in [-0.39, 0.29) is 25.2 Å².